The second kappa shape index (κ2) is 5.43. The number of aryl methyl sites for hydroxylation is 1. The van der Waals surface area contributed by atoms with Crippen molar-refractivity contribution in [2.24, 2.45) is 5.92 Å². The molecule has 0 unspecified atom stereocenters. The maximum atomic E-state index is 12.5. The number of H-pyrrole nitrogens is 1. The van der Waals surface area contributed by atoms with E-state index < -0.39 is 0 Å². The number of piperidine rings is 1. The highest BCUT2D eigenvalue weighted by Gasteiger charge is 2.24. The van der Waals surface area contributed by atoms with Crippen LogP contribution < -0.4 is 5.56 Å². The SMILES string of the molecule is C[C@H]1CCc2[nH]c(=O)c(C(=O)N3CCCCC3)cc2C1. The van der Waals surface area contributed by atoms with Gasteiger partial charge in [-0.2, -0.15) is 0 Å². The molecule has 0 saturated carbocycles. The fourth-order valence-electron chi connectivity index (χ4n) is 3.31. The fourth-order valence-corrected chi connectivity index (χ4v) is 3.31. The van der Waals surface area contributed by atoms with Crippen LogP contribution in [0.5, 0.6) is 0 Å². The molecule has 1 aliphatic heterocycles. The number of aromatic amines is 1. The van der Waals surface area contributed by atoms with Gasteiger partial charge in [-0.1, -0.05) is 6.92 Å². The number of aromatic nitrogens is 1. The standard InChI is InChI=1S/C16H22N2O2/c1-11-5-6-14-12(9-11)10-13(15(19)17-14)16(20)18-7-3-2-4-8-18/h10-11H,2-9H2,1H3,(H,17,19)/t11-/m0/s1. The second-order valence-electron chi connectivity index (χ2n) is 6.22. The highest BCUT2D eigenvalue weighted by Crippen LogP contribution is 2.23. The first-order valence-corrected chi connectivity index (χ1v) is 7.69. The van der Waals surface area contributed by atoms with E-state index >= 15 is 0 Å². The summed E-state index contributed by atoms with van der Waals surface area (Å²) in [5.74, 6) is 0.540. The van der Waals surface area contributed by atoms with Crippen molar-refractivity contribution in [2.75, 3.05) is 13.1 Å². The smallest absolute Gasteiger partial charge is 0.261 e. The number of hydrogen-bond acceptors (Lipinski definition) is 2. The van der Waals surface area contributed by atoms with Crippen molar-refractivity contribution < 1.29 is 4.79 Å². The average molecular weight is 274 g/mol. The molecule has 1 N–H and O–H groups in total. The molecule has 4 heteroatoms. The lowest BCUT2D eigenvalue weighted by Gasteiger charge is -2.27. The Balaban J connectivity index is 1.91. The van der Waals surface area contributed by atoms with Crippen LogP contribution in [0, 0.1) is 5.92 Å². The maximum Gasteiger partial charge on any atom is 0.261 e. The van der Waals surface area contributed by atoms with Crippen LogP contribution >= 0.6 is 0 Å². The van der Waals surface area contributed by atoms with Crippen LogP contribution in [0.3, 0.4) is 0 Å². The van der Waals surface area contributed by atoms with Gasteiger partial charge in [-0.15, -0.1) is 0 Å². The minimum absolute atomic E-state index is 0.0908. The van der Waals surface area contributed by atoms with Gasteiger partial charge in [0.2, 0.25) is 0 Å². The van der Waals surface area contributed by atoms with Gasteiger partial charge in [0.05, 0.1) is 0 Å². The van der Waals surface area contributed by atoms with Crippen LogP contribution in [-0.2, 0) is 12.8 Å². The molecular formula is C16H22N2O2. The minimum Gasteiger partial charge on any atom is -0.338 e. The van der Waals surface area contributed by atoms with Gasteiger partial charge >= 0.3 is 0 Å². The van der Waals surface area contributed by atoms with Gasteiger partial charge in [-0.05, 0) is 56.1 Å². The normalized spacial score (nSPS) is 22.4. The van der Waals surface area contributed by atoms with E-state index in [1.54, 1.807) is 0 Å². The van der Waals surface area contributed by atoms with Gasteiger partial charge in [0.25, 0.3) is 11.5 Å². The van der Waals surface area contributed by atoms with Crippen LogP contribution in [0.2, 0.25) is 0 Å². The third-order valence-corrected chi connectivity index (χ3v) is 4.54. The molecule has 0 bridgehead atoms. The van der Waals surface area contributed by atoms with Gasteiger partial charge in [0, 0.05) is 18.8 Å². The summed E-state index contributed by atoms with van der Waals surface area (Å²) in [5.41, 5.74) is 2.31. The lowest BCUT2D eigenvalue weighted by Crippen LogP contribution is -2.39. The Bertz CT molecular complexity index is 570. The topological polar surface area (TPSA) is 53.2 Å². The zero-order valence-electron chi connectivity index (χ0n) is 12.1. The number of likely N-dealkylation sites (tertiary alicyclic amines) is 1. The molecule has 1 aliphatic carbocycles. The number of carbonyl (C=O) groups is 1. The lowest BCUT2D eigenvalue weighted by atomic mass is 9.87. The van der Waals surface area contributed by atoms with Gasteiger partial charge in [-0.3, -0.25) is 9.59 Å². The van der Waals surface area contributed by atoms with Crippen molar-refractivity contribution in [3.8, 4) is 0 Å². The number of pyridine rings is 1. The van der Waals surface area contributed by atoms with Gasteiger partial charge in [0.15, 0.2) is 0 Å². The molecule has 1 atom stereocenters. The Morgan fingerprint density at radius 1 is 1.30 bits per heavy atom. The predicted octanol–water partition coefficient (Wildman–Crippen LogP) is 2.13. The van der Waals surface area contributed by atoms with Crippen molar-refractivity contribution in [1.82, 2.24) is 9.88 Å². The molecule has 1 saturated heterocycles. The van der Waals surface area contributed by atoms with Gasteiger partial charge < -0.3 is 9.88 Å². The quantitative estimate of drug-likeness (QED) is 0.853. The first kappa shape index (κ1) is 13.4. The lowest BCUT2D eigenvalue weighted by molar-refractivity contribution is 0.0722. The zero-order chi connectivity index (χ0) is 14.1. The average Bonchev–Trinajstić information content (AvgIpc) is 2.47. The summed E-state index contributed by atoms with van der Waals surface area (Å²) < 4.78 is 0. The second-order valence-corrected chi connectivity index (χ2v) is 6.22. The molecular weight excluding hydrogens is 252 g/mol. The first-order chi connectivity index (χ1) is 9.65. The minimum atomic E-state index is -0.214. The van der Waals surface area contributed by atoms with Crippen molar-refractivity contribution in [1.29, 1.82) is 0 Å². The Labute approximate surface area is 119 Å². The van der Waals surface area contributed by atoms with E-state index in [2.05, 4.69) is 11.9 Å². The van der Waals surface area contributed by atoms with Crippen LogP contribution in [0.1, 0.15) is 54.2 Å². The molecule has 2 heterocycles. The third-order valence-electron chi connectivity index (χ3n) is 4.54. The molecule has 1 aromatic rings. The third kappa shape index (κ3) is 2.51. The number of nitrogens with one attached hydrogen (secondary N) is 1. The van der Waals surface area contributed by atoms with Crippen molar-refractivity contribution in [3.63, 3.8) is 0 Å². The van der Waals surface area contributed by atoms with Crippen LogP contribution in [0.15, 0.2) is 10.9 Å². The maximum absolute atomic E-state index is 12.5. The Hall–Kier alpha value is -1.58. The number of carbonyl (C=O) groups excluding carboxylic acids is 1. The number of amides is 1. The number of fused-ring (bicyclic) bond motifs is 1. The fraction of sp³-hybridized carbons (Fsp3) is 0.625. The first-order valence-electron chi connectivity index (χ1n) is 7.69. The van der Waals surface area contributed by atoms with Gasteiger partial charge in [0.1, 0.15) is 5.56 Å². The van der Waals surface area contributed by atoms with Crippen molar-refractivity contribution in [2.45, 2.75) is 45.4 Å². The van der Waals surface area contributed by atoms with E-state index in [1.807, 2.05) is 11.0 Å². The summed E-state index contributed by atoms with van der Waals surface area (Å²) in [4.78, 5) is 29.4. The van der Waals surface area contributed by atoms with Crippen LogP contribution in [0.25, 0.3) is 0 Å². The molecule has 0 aromatic carbocycles. The molecule has 1 amide bonds. The summed E-state index contributed by atoms with van der Waals surface area (Å²) >= 11 is 0. The van der Waals surface area contributed by atoms with E-state index in [-0.39, 0.29) is 11.5 Å². The molecule has 3 rings (SSSR count). The summed E-state index contributed by atoms with van der Waals surface area (Å²) in [6.45, 7) is 3.79. The van der Waals surface area contributed by atoms with E-state index in [1.165, 1.54) is 6.42 Å². The highest BCUT2D eigenvalue weighted by atomic mass is 16.2. The molecule has 0 spiro atoms. The molecule has 20 heavy (non-hydrogen) atoms. The van der Waals surface area contributed by atoms with E-state index in [0.717, 1.165) is 56.5 Å². The summed E-state index contributed by atoms with van der Waals surface area (Å²) in [7, 11) is 0. The number of hydrogen-bond donors (Lipinski definition) is 1. The Morgan fingerprint density at radius 2 is 2.05 bits per heavy atom. The molecule has 1 aromatic heterocycles. The summed E-state index contributed by atoms with van der Waals surface area (Å²) in [6.07, 6.45) is 6.28. The number of nitrogens with zero attached hydrogens (tertiary/aromatic N) is 1. The van der Waals surface area contributed by atoms with Gasteiger partial charge in [-0.25, -0.2) is 0 Å². The molecule has 108 valence electrons. The van der Waals surface area contributed by atoms with Crippen LogP contribution in [0.4, 0.5) is 0 Å². The van der Waals surface area contributed by atoms with Crippen molar-refractivity contribution >= 4 is 5.91 Å². The summed E-state index contributed by atoms with van der Waals surface area (Å²) in [5, 5.41) is 0. The van der Waals surface area contributed by atoms with Crippen molar-refractivity contribution in [3.05, 3.63) is 33.2 Å². The Morgan fingerprint density at radius 3 is 2.80 bits per heavy atom. The van der Waals surface area contributed by atoms with E-state index in [9.17, 15) is 9.59 Å². The molecule has 2 aliphatic rings. The van der Waals surface area contributed by atoms with Crippen LogP contribution in [-0.4, -0.2) is 28.9 Å². The predicted molar refractivity (Wildman–Crippen MR) is 78.0 cm³/mol. The largest absolute Gasteiger partial charge is 0.338 e. The number of rotatable bonds is 1. The molecule has 4 nitrogen and oxygen atoms in total. The summed E-state index contributed by atoms with van der Waals surface area (Å²) in [6, 6.07) is 1.85. The zero-order valence-corrected chi connectivity index (χ0v) is 12.1. The van der Waals surface area contributed by atoms with E-state index in [0.29, 0.717) is 11.5 Å². The monoisotopic (exact) mass is 274 g/mol. The van der Waals surface area contributed by atoms with E-state index in [4.69, 9.17) is 0 Å². The molecule has 0 radical (unpaired) electrons. The molecule has 1 fully saturated rings. The highest BCUT2D eigenvalue weighted by molar-refractivity contribution is 5.94. The Kier molecular flexibility index (Phi) is 3.64.